The quantitative estimate of drug-likeness (QED) is 0.500. The molecule has 2 rings (SSSR count). The Morgan fingerprint density at radius 3 is 2.42 bits per heavy atom. The molecule has 0 radical (unpaired) electrons. The van der Waals surface area contributed by atoms with E-state index >= 15 is 0 Å². The van der Waals surface area contributed by atoms with Crippen LogP contribution in [0, 0.1) is 0 Å². The molecule has 2 N–H and O–H groups in total. The van der Waals surface area contributed by atoms with E-state index in [0.29, 0.717) is 35.0 Å². The molecule has 168 valence electrons. The molecule has 2 aromatic rings. The Hall–Kier alpha value is -3.10. The average molecular weight is 431 g/mol. The predicted octanol–water partition coefficient (Wildman–Crippen LogP) is 2.61. The smallest absolute Gasteiger partial charge is 0.238 e. The lowest BCUT2D eigenvalue weighted by Gasteiger charge is -2.23. The van der Waals surface area contributed by atoms with Crippen molar-refractivity contribution in [3.63, 3.8) is 0 Å². The molecular formula is C23H30N2O6. The highest BCUT2D eigenvalue weighted by Gasteiger charge is 2.17. The summed E-state index contributed by atoms with van der Waals surface area (Å²) in [5.41, 5.74) is 1.11. The number of benzene rings is 2. The molecule has 1 unspecified atom stereocenters. The van der Waals surface area contributed by atoms with Crippen LogP contribution >= 0.6 is 0 Å². The molecule has 0 spiro atoms. The highest BCUT2D eigenvalue weighted by Crippen LogP contribution is 2.28. The van der Waals surface area contributed by atoms with Crippen molar-refractivity contribution in [1.82, 2.24) is 4.90 Å². The first-order valence-electron chi connectivity index (χ1n) is 10.0. The number of aliphatic hydroxyl groups excluding tert-OH is 1. The number of amides is 1. The Labute approximate surface area is 182 Å². The molecule has 0 heterocycles. The largest absolute Gasteiger partial charge is 0.495 e. The molecule has 0 aliphatic rings. The lowest BCUT2D eigenvalue weighted by Crippen LogP contribution is -2.40. The van der Waals surface area contributed by atoms with Gasteiger partial charge in [0.05, 0.1) is 26.5 Å². The monoisotopic (exact) mass is 430 g/mol. The van der Waals surface area contributed by atoms with Crippen molar-refractivity contribution in [3.8, 4) is 17.2 Å². The summed E-state index contributed by atoms with van der Waals surface area (Å²) in [4.78, 5) is 25.7. The number of nitrogens with zero attached hydrogens (tertiary/aromatic N) is 1. The summed E-state index contributed by atoms with van der Waals surface area (Å²) < 4.78 is 16.2. The summed E-state index contributed by atoms with van der Waals surface area (Å²) in [6.07, 6.45) is -0.823. The van der Waals surface area contributed by atoms with Crippen molar-refractivity contribution in [2.75, 3.05) is 45.8 Å². The first kappa shape index (κ1) is 24.2. The normalized spacial score (nSPS) is 11.7. The Morgan fingerprint density at radius 2 is 1.77 bits per heavy atom. The van der Waals surface area contributed by atoms with Crippen LogP contribution in [0.25, 0.3) is 0 Å². The van der Waals surface area contributed by atoms with E-state index in [0.717, 1.165) is 0 Å². The van der Waals surface area contributed by atoms with Gasteiger partial charge in [0, 0.05) is 12.1 Å². The molecule has 1 amide bonds. The van der Waals surface area contributed by atoms with Crippen LogP contribution in [0.1, 0.15) is 24.2 Å². The number of aliphatic hydroxyl groups is 1. The summed E-state index contributed by atoms with van der Waals surface area (Å²) in [7, 11) is 3.03. The number of anilines is 1. The van der Waals surface area contributed by atoms with E-state index in [2.05, 4.69) is 5.32 Å². The highest BCUT2D eigenvalue weighted by atomic mass is 16.5. The molecule has 0 aliphatic carbocycles. The standard InChI is InChI=1S/C23H30N2O6/c1-5-25(14-23(28)24-19-8-6-7-9-20(19)29-3)13-18(27)15-31-21-11-10-17(16(2)26)12-22(21)30-4/h6-12,18,27H,5,13-15H2,1-4H3,(H,24,28). The van der Waals surface area contributed by atoms with E-state index in [4.69, 9.17) is 14.2 Å². The van der Waals surface area contributed by atoms with Gasteiger partial charge in [-0.3, -0.25) is 14.5 Å². The number of nitrogens with one attached hydrogen (secondary N) is 1. The third kappa shape index (κ3) is 7.27. The van der Waals surface area contributed by atoms with Gasteiger partial charge in [-0.05, 0) is 43.8 Å². The number of rotatable bonds is 12. The summed E-state index contributed by atoms with van der Waals surface area (Å²) in [5, 5.41) is 13.2. The molecule has 2 aromatic carbocycles. The zero-order chi connectivity index (χ0) is 22.8. The SMILES string of the molecule is CCN(CC(=O)Nc1ccccc1OC)CC(O)COc1ccc(C(C)=O)cc1OC. The van der Waals surface area contributed by atoms with Crippen LogP contribution in [-0.4, -0.2) is 68.3 Å². The lowest BCUT2D eigenvalue weighted by atomic mass is 10.1. The fourth-order valence-electron chi connectivity index (χ4n) is 2.99. The number of methoxy groups -OCH3 is 2. The third-order valence-corrected chi connectivity index (χ3v) is 4.67. The van der Waals surface area contributed by atoms with Crippen LogP contribution < -0.4 is 19.5 Å². The van der Waals surface area contributed by atoms with Crippen molar-refractivity contribution < 1.29 is 28.9 Å². The molecule has 0 saturated heterocycles. The van der Waals surface area contributed by atoms with Crippen LogP contribution in [0.2, 0.25) is 0 Å². The third-order valence-electron chi connectivity index (χ3n) is 4.67. The van der Waals surface area contributed by atoms with Crippen LogP contribution in [0.4, 0.5) is 5.69 Å². The second-order valence-electron chi connectivity index (χ2n) is 6.96. The minimum absolute atomic E-state index is 0.0143. The molecular weight excluding hydrogens is 400 g/mol. The molecule has 1 atom stereocenters. The molecule has 8 heteroatoms. The maximum Gasteiger partial charge on any atom is 0.238 e. The Kier molecular flexibility index (Phi) is 9.30. The number of carbonyl (C=O) groups excluding carboxylic acids is 2. The summed E-state index contributed by atoms with van der Waals surface area (Å²) in [6.45, 7) is 4.34. The van der Waals surface area contributed by atoms with E-state index in [1.54, 1.807) is 37.4 Å². The number of hydrogen-bond donors (Lipinski definition) is 2. The minimum atomic E-state index is -0.823. The van der Waals surface area contributed by atoms with Crippen molar-refractivity contribution in [2.24, 2.45) is 0 Å². The van der Waals surface area contributed by atoms with Gasteiger partial charge in [-0.25, -0.2) is 0 Å². The zero-order valence-corrected chi connectivity index (χ0v) is 18.4. The second kappa shape index (κ2) is 11.9. The Balaban J connectivity index is 1.89. The van der Waals surface area contributed by atoms with Crippen LogP contribution in [0.5, 0.6) is 17.2 Å². The predicted molar refractivity (Wildman–Crippen MR) is 118 cm³/mol. The fraction of sp³-hybridized carbons (Fsp3) is 0.391. The first-order valence-corrected chi connectivity index (χ1v) is 10.0. The van der Waals surface area contributed by atoms with Gasteiger partial charge in [0.1, 0.15) is 18.5 Å². The first-order chi connectivity index (χ1) is 14.9. The zero-order valence-electron chi connectivity index (χ0n) is 18.4. The van der Waals surface area contributed by atoms with Gasteiger partial charge in [-0.2, -0.15) is 0 Å². The molecule has 0 saturated carbocycles. The maximum atomic E-state index is 12.4. The lowest BCUT2D eigenvalue weighted by molar-refractivity contribution is -0.117. The number of Topliss-reactive ketones (excluding diaryl/α,β-unsaturated/α-hetero) is 1. The van der Waals surface area contributed by atoms with Crippen LogP contribution in [0.15, 0.2) is 42.5 Å². The number of para-hydroxylation sites is 2. The highest BCUT2D eigenvalue weighted by molar-refractivity contribution is 5.94. The number of carbonyl (C=O) groups is 2. The van der Waals surface area contributed by atoms with Gasteiger partial charge < -0.3 is 24.6 Å². The van der Waals surface area contributed by atoms with Gasteiger partial charge in [0.2, 0.25) is 5.91 Å². The molecule has 0 fully saturated rings. The number of ketones is 1. The average Bonchev–Trinajstić information content (AvgIpc) is 2.77. The van der Waals surface area contributed by atoms with E-state index in [1.807, 2.05) is 24.0 Å². The fourth-order valence-corrected chi connectivity index (χ4v) is 2.99. The van der Waals surface area contributed by atoms with Gasteiger partial charge in [0.25, 0.3) is 0 Å². The van der Waals surface area contributed by atoms with Gasteiger partial charge in [-0.15, -0.1) is 0 Å². The van der Waals surface area contributed by atoms with Gasteiger partial charge in [0.15, 0.2) is 17.3 Å². The van der Waals surface area contributed by atoms with Gasteiger partial charge in [-0.1, -0.05) is 19.1 Å². The van der Waals surface area contributed by atoms with Crippen molar-refractivity contribution >= 4 is 17.4 Å². The van der Waals surface area contributed by atoms with Crippen LogP contribution in [0.3, 0.4) is 0 Å². The van der Waals surface area contributed by atoms with Crippen LogP contribution in [-0.2, 0) is 4.79 Å². The second-order valence-corrected chi connectivity index (χ2v) is 6.96. The molecule has 0 aromatic heterocycles. The summed E-state index contributed by atoms with van der Waals surface area (Å²) in [6, 6.07) is 12.1. The van der Waals surface area contributed by atoms with Crippen molar-refractivity contribution in [2.45, 2.75) is 20.0 Å². The Morgan fingerprint density at radius 1 is 1.06 bits per heavy atom. The molecule has 0 bridgehead atoms. The number of ether oxygens (including phenoxy) is 3. The number of hydrogen-bond acceptors (Lipinski definition) is 7. The molecule has 0 aliphatic heterocycles. The van der Waals surface area contributed by atoms with Crippen molar-refractivity contribution in [3.05, 3.63) is 48.0 Å². The van der Waals surface area contributed by atoms with E-state index in [1.165, 1.54) is 14.0 Å². The molecule has 8 nitrogen and oxygen atoms in total. The van der Waals surface area contributed by atoms with E-state index in [9.17, 15) is 14.7 Å². The number of likely N-dealkylation sites (N-methyl/N-ethyl adjacent to an activating group) is 1. The Bertz CT molecular complexity index is 886. The minimum Gasteiger partial charge on any atom is -0.495 e. The summed E-state index contributed by atoms with van der Waals surface area (Å²) >= 11 is 0. The topological polar surface area (TPSA) is 97.3 Å². The van der Waals surface area contributed by atoms with E-state index < -0.39 is 6.10 Å². The van der Waals surface area contributed by atoms with Gasteiger partial charge >= 0.3 is 0 Å². The summed E-state index contributed by atoms with van der Waals surface area (Å²) in [5.74, 6) is 1.15. The van der Waals surface area contributed by atoms with E-state index in [-0.39, 0.29) is 31.4 Å². The molecule has 31 heavy (non-hydrogen) atoms. The van der Waals surface area contributed by atoms with Crippen molar-refractivity contribution in [1.29, 1.82) is 0 Å². The maximum absolute atomic E-state index is 12.4.